The van der Waals surface area contributed by atoms with Crippen molar-refractivity contribution in [1.82, 2.24) is 5.32 Å². The van der Waals surface area contributed by atoms with Crippen molar-refractivity contribution < 1.29 is 33.3 Å². The normalized spacial score (nSPS) is 24.7. The molecule has 0 aliphatic carbocycles. The molecule has 4 atom stereocenters. The first-order chi connectivity index (χ1) is 18.4. The average molecular weight is 559 g/mol. The molecule has 2 heterocycles. The number of fused-ring (bicyclic) bond motifs is 1. The number of halogens is 3. The number of carbonyl (C=O) groups excluding carboxylic acids is 1. The molecule has 5 N–H and O–H groups in total. The minimum absolute atomic E-state index is 0.0666. The van der Waals surface area contributed by atoms with E-state index in [-0.39, 0.29) is 41.2 Å². The van der Waals surface area contributed by atoms with Crippen LogP contribution in [0.15, 0.2) is 48.5 Å². The van der Waals surface area contributed by atoms with Gasteiger partial charge in [-0.15, -0.1) is 0 Å². The van der Waals surface area contributed by atoms with E-state index in [1.165, 1.54) is 19.1 Å². The molecule has 1 amide bonds. The van der Waals surface area contributed by atoms with Crippen LogP contribution in [0.4, 0.5) is 8.78 Å². The maximum atomic E-state index is 16.0. The van der Waals surface area contributed by atoms with Gasteiger partial charge in [-0.2, -0.15) is 0 Å². The van der Waals surface area contributed by atoms with Crippen LogP contribution in [-0.2, 0) is 12.0 Å². The van der Waals surface area contributed by atoms with Gasteiger partial charge in [0.15, 0.2) is 17.2 Å². The topological polar surface area (TPSA) is 114 Å². The van der Waals surface area contributed by atoms with E-state index in [0.717, 1.165) is 11.6 Å². The molecule has 7 nitrogen and oxygen atoms in total. The first-order valence-electron chi connectivity index (χ1n) is 12.6. The summed E-state index contributed by atoms with van der Waals surface area (Å²) in [6.45, 7) is 3.30. The lowest BCUT2D eigenvalue weighted by molar-refractivity contribution is 0.0319. The lowest BCUT2D eigenvalue weighted by Gasteiger charge is -2.36. The molecule has 2 aliphatic rings. The molecule has 10 heteroatoms. The summed E-state index contributed by atoms with van der Waals surface area (Å²) < 4.78 is 43.3. The van der Waals surface area contributed by atoms with E-state index in [1.54, 1.807) is 6.92 Å². The Labute approximate surface area is 229 Å². The van der Waals surface area contributed by atoms with Gasteiger partial charge in [-0.05, 0) is 38.0 Å². The van der Waals surface area contributed by atoms with E-state index >= 15 is 8.78 Å². The number of benzene rings is 3. The highest BCUT2D eigenvalue weighted by Gasteiger charge is 2.53. The molecule has 39 heavy (non-hydrogen) atoms. The summed E-state index contributed by atoms with van der Waals surface area (Å²) in [5.74, 6) is -2.91. The van der Waals surface area contributed by atoms with Gasteiger partial charge in [0.1, 0.15) is 18.2 Å². The molecule has 0 bridgehead atoms. The predicted molar refractivity (Wildman–Crippen MR) is 142 cm³/mol. The van der Waals surface area contributed by atoms with Crippen molar-refractivity contribution in [1.29, 1.82) is 0 Å². The van der Waals surface area contributed by atoms with Crippen molar-refractivity contribution in [3.8, 4) is 22.6 Å². The van der Waals surface area contributed by atoms with E-state index < -0.39 is 45.9 Å². The fraction of sp³-hybridized carbons (Fsp3) is 0.345. The van der Waals surface area contributed by atoms with Gasteiger partial charge in [0.2, 0.25) is 5.91 Å². The quantitative estimate of drug-likeness (QED) is 0.347. The standard InChI is InChI=1S/C29H29ClF2N2O5/c1-15(35)13-38-20-9-8-17(27(33)36)24(26(20)32)23-18-11-29(16-6-4-3-5-7-16,22-12-28(2,37)14-34-22)39-21(18)10-19(31)25(23)30/h3-10,15,22,34-35,37H,11-14H2,1-2H3,(H2,33,36)/t15?,22?,28-,29+/m1/s1. The van der Waals surface area contributed by atoms with Gasteiger partial charge in [0, 0.05) is 35.7 Å². The monoisotopic (exact) mass is 558 g/mol. The van der Waals surface area contributed by atoms with Crippen molar-refractivity contribution in [3.63, 3.8) is 0 Å². The molecular weight excluding hydrogens is 530 g/mol. The zero-order chi connectivity index (χ0) is 28.1. The maximum Gasteiger partial charge on any atom is 0.249 e. The SMILES string of the molecule is CC(O)COc1ccc(C(N)=O)c(-c2c(Cl)c(F)cc3c2C[C@](c2ccccc2)(C2C[C@@](C)(O)CN2)O3)c1F. The molecule has 0 spiro atoms. The lowest BCUT2D eigenvalue weighted by Crippen LogP contribution is -2.49. The van der Waals surface area contributed by atoms with Crippen LogP contribution in [0.1, 0.15) is 41.8 Å². The maximum absolute atomic E-state index is 16.0. The fourth-order valence-electron chi connectivity index (χ4n) is 5.52. The second kappa shape index (κ2) is 10.1. The Morgan fingerprint density at radius 3 is 2.59 bits per heavy atom. The third-order valence-corrected chi connectivity index (χ3v) is 7.69. The minimum atomic E-state index is -1.10. The van der Waals surface area contributed by atoms with E-state index in [9.17, 15) is 15.0 Å². The van der Waals surface area contributed by atoms with Crippen LogP contribution in [0.3, 0.4) is 0 Å². The fourth-order valence-corrected chi connectivity index (χ4v) is 5.79. The number of nitrogens with one attached hydrogen (secondary N) is 1. The number of β-amino-alcohol motifs (C(OH)–C–C–N with tert-alkyl or cyclic N) is 1. The summed E-state index contributed by atoms with van der Waals surface area (Å²) in [5.41, 5.74) is 4.06. The lowest BCUT2D eigenvalue weighted by atomic mass is 9.79. The Hall–Kier alpha value is -3.24. The number of hydrogen-bond donors (Lipinski definition) is 4. The highest BCUT2D eigenvalue weighted by Crippen LogP contribution is 2.53. The van der Waals surface area contributed by atoms with Gasteiger partial charge < -0.3 is 30.7 Å². The van der Waals surface area contributed by atoms with Crippen LogP contribution in [-0.4, -0.2) is 47.0 Å². The van der Waals surface area contributed by atoms with Gasteiger partial charge in [0.25, 0.3) is 0 Å². The Balaban J connectivity index is 1.72. The number of primary amides is 1. The predicted octanol–water partition coefficient (Wildman–Crippen LogP) is 4.09. The van der Waals surface area contributed by atoms with Crippen molar-refractivity contribution in [2.24, 2.45) is 5.73 Å². The molecule has 1 saturated heterocycles. The molecule has 206 valence electrons. The first kappa shape index (κ1) is 27.3. The van der Waals surface area contributed by atoms with E-state index in [2.05, 4.69) is 5.32 Å². The third-order valence-electron chi connectivity index (χ3n) is 7.32. The minimum Gasteiger partial charge on any atom is -0.488 e. The highest BCUT2D eigenvalue weighted by molar-refractivity contribution is 6.34. The number of aliphatic hydroxyl groups excluding tert-OH is 1. The van der Waals surface area contributed by atoms with Gasteiger partial charge >= 0.3 is 0 Å². The number of aliphatic hydroxyl groups is 2. The second-order valence-corrected chi connectivity index (χ2v) is 10.9. The molecule has 5 rings (SSSR count). The van der Waals surface area contributed by atoms with Crippen LogP contribution >= 0.6 is 11.6 Å². The van der Waals surface area contributed by atoms with Gasteiger partial charge in [0.05, 0.1) is 28.3 Å². The molecule has 2 unspecified atom stereocenters. The Bertz CT molecular complexity index is 1430. The number of carbonyl (C=O) groups is 1. The molecule has 3 aromatic carbocycles. The van der Waals surface area contributed by atoms with Gasteiger partial charge in [-0.25, -0.2) is 8.78 Å². The van der Waals surface area contributed by atoms with Gasteiger partial charge in [-0.3, -0.25) is 4.79 Å². The van der Waals surface area contributed by atoms with Crippen LogP contribution in [0.5, 0.6) is 11.5 Å². The van der Waals surface area contributed by atoms with Crippen LogP contribution < -0.4 is 20.5 Å². The molecule has 1 fully saturated rings. The Morgan fingerprint density at radius 1 is 1.26 bits per heavy atom. The van der Waals surface area contributed by atoms with Crippen molar-refractivity contribution >= 4 is 17.5 Å². The number of ether oxygens (including phenoxy) is 2. The van der Waals surface area contributed by atoms with Crippen molar-refractivity contribution in [2.45, 2.75) is 50.0 Å². The Kier molecular flexibility index (Phi) is 7.05. The van der Waals surface area contributed by atoms with Crippen LogP contribution in [0, 0.1) is 11.6 Å². The van der Waals surface area contributed by atoms with Crippen LogP contribution in [0.2, 0.25) is 5.02 Å². The number of nitrogens with two attached hydrogens (primary N) is 1. The summed E-state index contributed by atoms with van der Waals surface area (Å²) in [7, 11) is 0. The third kappa shape index (κ3) is 4.84. The summed E-state index contributed by atoms with van der Waals surface area (Å²) >= 11 is 6.50. The molecule has 0 aromatic heterocycles. The Morgan fingerprint density at radius 2 is 1.97 bits per heavy atom. The van der Waals surface area contributed by atoms with Gasteiger partial charge in [-0.1, -0.05) is 41.9 Å². The van der Waals surface area contributed by atoms with Crippen LogP contribution in [0.25, 0.3) is 11.1 Å². The number of rotatable bonds is 7. The highest BCUT2D eigenvalue weighted by atomic mass is 35.5. The summed E-state index contributed by atoms with van der Waals surface area (Å²) in [5, 5.41) is 23.3. The average Bonchev–Trinajstić information content (AvgIpc) is 3.45. The smallest absolute Gasteiger partial charge is 0.249 e. The molecule has 3 aromatic rings. The number of hydrogen-bond acceptors (Lipinski definition) is 6. The molecule has 0 radical (unpaired) electrons. The van der Waals surface area contributed by atoms with Crippen molar-refractivity contribution in [2.75, 3.05) is 13.2 Å². The van der Waals surface area contributed by atoms with E-state index in [1.807, 2.05) is 30.3 Å². The second-order valence-electron chi connectivity index (χ2n) is 10.5. The van der Waals surface area contributed by atoms with Crippen molar-refractivity contribution in [3.05, 3.63) is 81.9 Å². The molecule has 0 saturated carbocycles. The zero-order valence-electron chi connectivity index (χ0n) is 21.4. The first-order valence-corrected chi connectivity index (χ1v) is 13.0. The summed E-state index contributed by atoms with van der Waals surface area (Å²) in [6, 6.07) is 12.6. The zero-order valence-corrected chi connectivity index (χ0v) is 22.2. The van der Waals surface area contributed by atoms with E-state index in [4.69, 9.17) is 26.8 Å². The largest absolute Gasteiger partial charge is 0.488 e. The molecule has 2 aliphatic heterocycles. The van der Waals surface area contributed by atoms with E-state index in [0.29, 0.717) is 18.5 Å². The number of amides is 1. The summed E-state index contributed by atoms with van der Waals surface area (Å²) in [4.78, 5) is 12.4. The summed E-state index contributed by atoms with van der Waals surface area (Å²) in [6.07, 6.45) is -0.418. The molecular formula is C29H29ClF2N2O5.